The van der Waals surface area contributed by atoms with E-state index in [-0.39, 0.29) is 22.0 Å². The van der Waals surface area contributed by atoms with Crippen LogP contribution in [-0.4, -0.2) is 38.2 Å². The van der Waals surface area contributed by atoms with Gasteiger partial charge < -0.3 is 19.8 Å². The van der Waals surface area contributed by atoms with Crippen molar-refractivity contribution in [3.05, 3.63) is 70.8 Å². The fourth-order valence-electron chi connectivity index (χ4n) is 2.21. The van der Waals surface area contributed by atoms with Crippen molar-refractivity contribution in [1.82, 2.24) is 0 Å². The van der Waals surface area contributed by atoms with E-state index in [1.807, 2.05) is 24.3 Å². The summed E-state index contributed by atoms with van der Waals surface area (Å²) in [6.07, 6.45) is 0. The van der Waals surface area contributed by atoms with Crippen LogP contribution in [0.15, 0.2) is 48.5 Å². The molecular formula is C23H27AlO6. The van der Waals surface area contributed by atoms with Gasteiger partial charge in [0.25, 0.3) is 0 Å². The molecule has 1 N–H and O–H groups in total. The average molecular weight is 426 g/mol. The number of carbonyl (C=O) groups excluding carboxylic acids is 2. The first-order valence-electron chi connectivity index (χ1n) is 9.18. The summed E-state index contributed by atoms with van der Waals surface area (Å²) in [4.78, 5) is 28.9. The Morgan fingerprint density at radius 2 is 0.867 bits per heavy atom. The van der Waals surface area contributed by atoms with Crippen LogP contribution < -0.4 is 10.2 Å². The van der Waals surface area contributed by atoms with Crippen LogP contribution in [0.4, 0.5) is 4.79 Å². The Morgan fingerprint density at radius 3 is 1.00 bits per heavy atom. The Balaban J connectivity index is 0.000000477. The molecular weight excluding hydrogens is 399 g/mol. The number of hydrogen-bond acceptors (Lipinski definition) is 5. The van der Waals surface area contributed by atoms with Gasteiger partial charge in [0.1, 0.15) is 0 Å². The average Bonchev–Trinajstić information content (AvgIpc) is 2.60. The molecule has 0 fully saturated rings. The molecule has 0 heterocycles. The molecule has 6 nitrogen and oxygen atoms in total. The molecule has 2 rings (SSSR count). The summed E-state index contributed by atoms with van der Waals surface area (Å²) in [7, 11) is 0. The van der Waals surface area contributed by atoms with E-state index in [1.54, 1.807) is 40.6 Å². The van der Waals surface area contributed by atoms with Crippen molar-refractivity contribution in [2.24, 2.45) is 0 Å². The molecule has 7 heteroatoms. The summed E-state index contributed by atoms with van der Waals surface area (Å²) >= 11 is 1.57. The maximum absolute atomic E-state index is 10.5. The van der Waals surface area contributed by atoms with Gasteiger partial charge in [-0.05, 0) is 33.1 Å². The fourth-order valence-corrected chi connectivity index (χ4v) is 2.21. The first-order valence-corrected chi connectivity index (χ1v) is 9.75. The zero-order chi connectivity index (χ0) is 23.7. The summed E-state index contributed by atoms with van der Waals surface area (Å²) in [5.74, 6) is -2.25. The number of aromatic carboxylic acids is 2. The molecule has 158 valence electrons. The molecule has 2 aromatic rings. The van der Waals surface area contributed by atoms with Crippen LogP contribution >= 0.6 is 0 Å². The third kappa shape index (κ3) is 10.8. The van der Waals surface area contributed by atoms with Gasteiger partial charge in [-0.25, -0.2) is 0 Å². The standard InChI is InChI=1S/2C11H14O2.CHO2.Al/c2*1-11(2,3)9-6-4-8(5-7-9)10(12)13;2-1-3;/h2*4-7H,1-3H3,(H,12,13);(H,2,3);/q;;;+2/p-2. The zero-order valence-corrected chi connectivity index (χ0v) is 19.3. The summed E-state index contributed by atoms with van der Waals surface area (Å²) in [6, 6.07) is 13.6. The number of rotatable bonds is 2. The zero-order valence-electron chi connectivity index (χ0n) is 18.2. The molecule has 2 aromatic carbocycles. The summed E-state index contributed by atoms with van der Waals surface area (Å²) in [5.41, 5.74) is 2.82. The third-order valence-electron chi connectivity index (χ3n) is 3.97. The van der Waals surface area contributed by atoms with Gasteiger partial charge in [-0.3, -0.25) is 0 Å². The Kier molecular flexibility index (Phi) is 10.5. The summed E-state index contributed by atoms with van der Waals surface area (Å²) in [5, 5.41) is 28.3. The van der Waals surface area contributed by atoms with Crippen LogP contribution in [0.1, 0.15) is 73.4 Å². The second-order valence-electron chi connectivity index (χ2n) is 8.57. The molecule has 0 aliphatic rings. The van der Waals surface area contributed by atoms with Crippen LogP contribution in [0.25, 0.3) is 0 Å². The molecule has 30 heavy (non-hydrogen) atoms. The minimum absolute atomic E-state index is 0.0600. The van der Waals surface area contributed by atoms with E-state index >= 15 is 0 Å². The van der Waals surface area contributed by atoms with E-state index < -0.39 is 16.8 Å². The minimum atomic E-state index is -1.12. The topological polar surface area (TPSA) is 118 Å². The number of carboxylic acids is 2. The quantitative estimate of drug-likeness (QED) is 0.738. The number of benzene rings is 2. The molecule has 0 aromatic heterocycles. The van der Waals surface area contributed by atoms with E-state index in [2.05, 4.69) is 41.5 Å². The van der Waals surface area contributed by atoms with Crippen molar-refractivity contribution >= 4 is 33.1 Å². The van der Waals surface area contributed by atoms with Gasteiger partial charge in [0.2, 0.25) is 0 Å². The molecule has 0 radical (unpaired) electrons. The molecule has 0 saturated carbocycles. The Labute approximate surface area is 186 Å². The number of hydrogen-bond donors (Lipinski definition) is 1. The molecule has 0 unspecified atom stereocenters. The SMILES string of the molecule is CC(C)(C)c1ccc(C(=O)[O-])cc1.CC(C)(C)c1ccc(C(=O)[O-])cc1.O=[C](O)[Al+2]. The van der Waals surface area contributed by atoms with Crippen LogP contribution in [0, 0.1) is 0 Å². The van der Waals surface area contributed by atoms with E-state index in [0.29, 0.717) is 0 Å². The van der Waals surface area contributed by atoms with E-state index in [1.165, 1.54) is 0 Å². The maximum atomic E-state index is 10.5. The second kappa shape index (κ2) is 11.5. The second-order valence-corrected chi connectivity index (χ2v) is 9.06. The predicted octanol–water partition coefficient (Wildman–Crippen LogP) is 2.53. The van der Waals surface area contributed by atoms with E-state index in [0.717, 1.165) is 11.1 Å². The predicted molar refractivity (Wildman–Crippen MR) is 113 cm³/mol. The first kappa shape index (κ1) is 27.4. The molecule has 0 aliphatic heterocycles. The third-order valence-corrected chi connectivity index (χ3v) is 3.97. The molecule has 0 amide bonds. The van der Waals surface area contributed by atoms with E-state index in [4.69, 9.17) is 9.90 Å². The van der Waals surface area contributed by atoms with Gasteiger partial charge in [0.05, 0.1) is 11.9 Å². The van der Waals surface area contributed by atoms with Crippen LogP contribution in [0.5, 0.6) is 0 Å². The van der Waals surface area contributed by atoms with Crippen LogP contribution in [0.3, 0.4) is 0 Å². The number of carbonyl (C=O) groups is 3. The van der Waals surface area contributed by atoms with Crippen molar-refractivity contribution in [3.63, 3.8) is 0 Å². The first-order chi connectivity index (χ1) is 13.6. The van der Waals surface area contributed by atoms with E-state index in [9.17, 15) is 19.8 Å². The van der Waals surface area contributed by atoms with Crippen molar-refractivity contribution < 1.29 is 29.7 Å². The van der Waals surface area contributed by atoms with Crippen molar-refractivity contribution in [2.75, 3.05) is 0 Å². The fraction of sp³-hybridized carbons (Fsp3) is 0.348. The van der Waals surface area contributed by atoms with Crippen LogP contribution in [0.2, 0.25) is 0 Å². The van der Waals surface area contributed by atoms with Gasteiger partial charge in [0, 0.05) is 0 Å². The van der Waals surface area contributed by atoms with Crippen molar-refractivity contribution in [3.8, 4) is 0 Å². The molecule has 0 aliphatic carbocycles. The summed E-state index contributed by atoms with van der Waals surface area (Å²) < 4.78 is 0. The number of carboxylic acid groups (broad SMARTS) is 3. The summed E-state index contributed by atoms with van der Waals surface area (Å²) in [6.45, 7) is 12.5. The van der Waals surface area contributed by atoms with Gasteiger partial charge in [-0.2, -0.15) is 0 Å². The van der Waals surface area contributed by atoms with Gasteiger partial charge in [0.15, 0.2) is 0 Å². The van der Waals surface area contributed by atoms with Crippen LogP contribution in [-0.2, 0) is 10.8 Å². The van der Waals surface area contributed by atoms with Crippen molar-refractivity contribution in [2.45, 2.75) is 52.4 Å². The monoisotopic (exact) mass is 426 g/mol. The van der Waals surface area contributed by atoms with Crippen molar-refractivity contribution in [1.29, 1.82) is 0 Å². The molecule has 0 atom stereocenters. The Hall–Kier alpha value is -2.62. The molecule has 0 bridgehead atoms. The molecule has 0 spiro atoms. The van der Waals surface area contributed by atoms with Gasteiger partial charge in [-0.15, -0.1) is 0 Å². The van der Waals surface area contributed by atoms with Gasteiger partial charge >= 0.3 is 31.0 Å². The van der Waals surface area contributed by atoms with Gasteiger partial charge in [-0.1, -0.05) is 90.1 Å². The molecule has 0 saturated heterocycles. The Bertz CT molecular complexity index is 770. The Morgan fingerprint density at radius 1 is 0.667 bits per heavy atom. The normalized spacial score (nSPS) is 10.7.